The van der Waals surface area contributed by atoms with Crippen LogP contribution in [0.15, 0.2) is 4.79 Å². The van der Waals surface area contributed by atoms with Crippen molar-refractivity contribution in [2.24, 2.45) is 0 Å². The minimum Gasteiger partial charge on any atom is -0.301 e. The zero-order valence-electron chi connectivity index (χ0n) is 6.43. The number of nitriles is 1. The molecule has 0 aliphatic heterocycles. The maximum absolute atomic E-state index is 10.9. The molecule has 0 bridgehead atoms. The summed E-state index contributed by atoms with van der Waals surface area (Å²) in [5.74, 6) is -0.256. The molecular weight excluding hydrogens is 142 g/mol. The molecule has 0 spiro atoms. The Morgan fingerprint density at radius 3 is 2.55 bits per heavy atom. The largest absolute Gasteiger partial charge is 0.301 e. The first kappa shape index (κ1) is 7.61. The molecule has 0 fully saturated rings. The maximum atomic E-state index is 10.9. The monoisotopic (exact) mass is 151 g/mol. The van der Waals surface area contributed by atoms with E-state index in [-0.39, 0.29) is 11.5 Å². The summed E-state index contributed by atoms with van der Waals surface area (Å²) in [5.41, 5.74) is 1.12. The average Bonchev–Trinajstić information content (AvgIpc) is 2.32. The first-order chi connectivity index (χ1) is 5.16. The molecule has 0 aliphatic rings. The fourth-order valence-electron chi connectivity index (χ4n) is 0.931. The predicted octanol–water partition coefficient (Wildman–Crippen LogP) is 0.638. The van der Waals surface area contributed by atoms with Crippen molar-refractivity contribution in [1.29, 1.82) is 5.26 Å². The van der Waals surface area contributed by atoms with E-state index in [2.05, 4.69) is 10.2 Å². The Morgan fingerprint density at radius 2 is 2.18 bits per heavy atom. The number of H-pyrrole nitrogens is 2. The topological polar surface area (TPSA) is 72.4 Å². The first-order valence-electron chi connectivity index (χ1n) is 3.33. The standard InChI is InChI=1S/C7H9N3O/c1-4(3-8)6-5(2)7(11)10-9-6/h4H,1-2H3,(H2,9,10,11). The fourth-order valence-corrected chi connectivity index (χ4v) is 0.931. The smallest absolute Gasteiger partial charge is 0.267 e. The second-order valence-corrected chi connectivity index (χ2v) is 2.47. The van der Waals surface area contributed by atoms with Gasteiger partial charge in [-0.25, -0.2) is 0 Å². The zero-order valence-corrected chi connectivity index (χ0v) is 6.43. The zero-order chi connectivity index (χ0) is 8.43. The molecule has 0 saturated heterocycles. The number of rotatable bonds is 1. The molecule has 1 aromatic rings. The highest BCUT2D eigenvalue weighted by atomic mass is 16.1. The quantitative estimate of drug-likeness (QED) is 0.618. The van der Waals surface area contributed by atoms with E-state index in [0.717, 1.165) is 0 Å². The normalized spacial score (nSPS) is 12.5. The molecule has 1 heterocycles. The summed E-state index contributed by atoms with van der Waals surface area (Å²) < 4.78 is 0. The molecule has 1 atom stereocenters. The van der Waals surface area contributed by atoms with Crippen LogP contribution < -0.4 is 5.56 Å². The Morgan fingerprint density at radius 1 is 1.55 bits per heavy atom. The third-order valence-electron chi connectivity index (χ3n) is 1.68. The van der Waals surface area contributed by atoms with Gasteiger partial charge >= 0.3 is 0 Å². The molecular formula is C7H9N3O. The van der Waals surface area contributed by atoms with Crippen molar-refractivity contribution in [2.75, 3.05) is 0 Å². The summed E-state index contributed by atoms with van der Waals surface area (Å²) in [6.07, 6.45) is 0. The number of aromatic amines is 2. The molecule has 4 heteroatoms. The number of aromatic nitrogens is 2. The van der Waals surface area contributed by atoms with Gasteiger partial charge in [0.25, 0.3) is 5.56 Å². The highest BCUT2D eigenvalue weighted by Gasteiger charge is 2.10. The van der Waals surface area contributed by atoms with Gasteiger partial charge < -0.3 is 5.10 Å². The Kier molecular flexibility index (Phi) is 1.81. The lowest BCUT2D eigenvalue weighted by Gasteiger charge is -1.96. The lowest BCUT2D eigenvalue weighted by molar-refractivity contribution is 0.885. The molecule has 0 radical (unpaired) electrons. The van der Waals surface area contributed by atoms with E-state index in [4.69, 9.17) is 5.26 Å². The van der Waals surface area contributed by atoms with E-state index in [0.29, 0.717) is 11.3 Å². The molecule has 0 aliphatic carbocycles. The highest BCUT2D eigenvalue weighted by Crippen LogP contribution is 2.11. The van der Waals surface area contributed by atoms with Crippen molar-refractivity contribution in [2.45, 2.75) is 19.8 Å². The van der Waals surface area contributed by atoms with Crippen LogP contribution in [0.5, 0.6) is 0 Å². The average molecular weight is 151 g/mol. The Bertz CT molecular complexity index is 341. The summed E-state index contributed by atoms with van der Waals surface area (Å²) in [6.45, 7) is 3.44. The van der Waals surface area contributed by atoms with Crippen molar-refractivity contribution >= 4 is 0 Å². The van der Waals surface area contributed by atoms with Crippen LogP contribution in [0.1, 0.15) is 24.1 Å². The van der Waals surface area contributed by atoms with Crippen molar-refractivity contribution in [1.82, 2.24) is 10.2 Å². The van der Waals surface area contributed by atoms with Crippen molar-refractivity contribution < 1.29 is 0 Å². The van der Waals surface area contributed by atoms with Crippen LogP contribution in [0.2, 0.25) is 0 Å². The van der Waals surface area contributed by atoms with Gasteiger partial charge in [0.05, 0.1) is 17.7 Å². The van der Waals surface area contributed by atoms with E-state index < -0.39 is 0 Å². The molecule has 1 unspecified atom stereocenters. The predicted molar refractivity (Wildman–Crippen MR) is 40.2 cm³/mol. The molecule has 4 nitrogen and oxygen atoms in total. The van der Waals surface area contributed by atoms with Gasteiger partial charge in [-0.05, 0) is 13.8 Å². The summed E-state index contributed by atoms with van der Waals surface area (Å²) >= 11 is 0. The van der Waals surface area contributed by atoms with Gasteiger partial charge in [0.15, 0.2) is 0 Å². The minimum atomic E-state index is -0.256. The highest BCUT2D eigenvalue weighted by molar-refractivity contribution is 5.22. The molecule has 1 rings (SSSR count). The summed E-state index contributed by atoms with van der Waals surface area (Å²) in [5, 5.41) is 13.6. The Labute approximate surface area is 63.8 Å². The Hall–Kier alpha value is -1.50. The second kappa shape index (κ2) is 2.62. The van der Waals surface area contributed by atoms with Crippen LogP contribution in [0.4, 0.5) is 0 Å². The van der Waals surface area contributed by atoms with Gasteiger partial charge in [-0.15, -0.1) is 0 Å². The van der Waals surface area contributed by atoms with E-state index >= 15 is 0 Å². The van der Waals surface area contributed by atoms with Gasteiger partial charge in [0.1, 0.15) is 0 Å². The van der Waals surface area contributed by atoms with Gasteiger partial charge in [-0.3, -0.25) is 9.89 Å². The fraction of sp³-hybridized carbons (Fsp3) is 0.429. The minimum absolute atomic E-state index is 0.151. The van der Waals surface area contributed by atoms with Crippen LogP contribution in [0.25, 0.3) is 0 Å². The maximum Gasteiger partial charge on any atom is 0.267 e. The lowest BCUT2D eigenvalue weighted by atomic mass is 10.1. The number of hydrogen-bond donors (Lipinski definition) is 2. The van der Waals surface area contributed by atoms with E-state index in [1.165, 1.54) is 0 Å². The second-order valence-electron chi connectivity index (χ2n) is 2.47. The van der Waals surface area contributed by atoms with Crippen molar-refractivity contribution in [3.8, 4) is 6.07 Å². The number of hydrogen-bond acceptors (Lipinski definition) is 2. The van der Waals surface area contributed by atoms with Gasteiger partial charge in [0.2, 0.25) is 0 Å². The molecule has 0 amide bonds. The van der Waals surface area contributed by atoms with E-state index in [1.54, 1.807) is 13.8 Å². The lowest BCUT2D eigenvalue weighted by Crippen LogP contribution is -2.02. The third-order valence-corrected chi connectivity index (χ3v) is 1.68. The molecule has 2 N–H and O–H groups in total. The van der Waals surface area contributed by atoms with E-state index in [1.807, 2.05) is 6.07 Å². The van der Waals surface area contributed by atoms with E-state index in [9.17, 15) is 4.79 Å². The molecule has 11 heavy (non-hydrogen) atoms. The number of nitrogens with one attached hydrogen (secondary N) is 2. The summed E-state index contributed by atoms with van der Waals surface area (Å²) in [7, 11) is 0. The third kappa shape index (κ3) is 1.17. The first-order valence-corrected chi connectivity index (χ1v) is 3.33. The molecule has 58 valence electrons. The summed E-state index contributed by atoms with van der Waals surface area (Å²) in [6, 6.07) is 2.05. The van der Waals surface area contributed by atoms with Crippen molar-refractivity contribution in [3.05, 3.63) is 21.6 Å². The van der Waals surface area contributed by atoms with Crippen LogP contribution in [-0.4, -0.2) is 10.2 Å². The van der Waals surface area contributed by atoms with Gasteiger partial charge in [-0.1, -0.05) is 0 Å². The van der Waals surface area contributed by atoms with Crippen molar-refractivity contribution in [3.63, 3.8) is 0 Å². The van der Waals surface area contributed by atoms with Crippen LogP contribution in [0.3, 0.4) is 0 Å². The Balaban J connectivity index is 3.17. The van der Waals surface area contributed by atoms with Crippen LogP contribution in [-0.2, 0) is 0 Å². The molecule has 1 aromatic heterocycles. The van der Waals surface area contributed by atoms with Gasteiger partial charge in [0, 0.05) is 5.56 Å². The van der Waals surface area contributed by atoms with Crippen LogP contribution in [0, 0.1) is 18.3 Å². The number of nitrogens with zero attached hydrogens (tertiary/aromatic N) is 1. The van der Waals surface area contributed by atoms with Crippen LogP contribution >= 0.6 is 0 Å². The van der Waals surface area contributed by atoms with Gasteiger partial charge in [-0.2, -0.15) is 5.26 Å². The molecule has 0 saturated carbocycles. The summed E-state index contributed by atoms with van der Waals surface area (Å²) in [4.78, 5) is 10.9. The molecule has 0 aromatic carbocycles. The SMILES string of the molecule is Cc1c(C(C)C#N)[nH][nH]c1=O.